The molecule has 0 aliphatic carbocycles. The molecule has 3 aliphatic heterocycles. The van der Waals surface area contributed by atoms with Crippen LogP contribution in [0.5, 0.6) is 0 Å². The van der Waals surface area contributed by atoms with Gasteiger partial charge in [-0.1, -0.05) is 13.0 Å². The Bertz CT molecular complexity index is 711. The molecule has 1 unspecified atom stereocenters. The van der Waals surface area contributed by atoms with E-state index in [4.69, 9.17) is 5.26 Å². The van der Waals surface area contributed by atoms with Crippen molar-refractivity contribution in [1.29, 1.82) is 5.26 Å². The van der Waals surface area contributed by atoms with Gasteiger partial charge in [-0.05, 0) is 30.5 Å². The van der Waals surface area contributed by atoms with E-state index in [1.165, 1.54) is 31.5 Å². The van der Waals surface area contributed by atoms with Gasteiger partial charge in [-0.15, -0.1) is 0 Å². The van der Waals surface area contributed by atoms with Crippen molar-refractivity contribution in [2.24, 2.45) is 11.8 Å². The van der Waals surface area contributed by atoms with Gasteiger partial charge in [0.05, 0.1) is 36.2 Å². The molecular weight excluding hydrogens is 310 g/mol. The van der Waals surface area contributed by atoms with E-state index in [1.807, 2.05) is 6.07 Å². The molecule has 3 aliphatic rings. The highest BCUT2D eigenvalue weighted by atomic mass is 32.2. The van der Waals surface area contributed by atoms with Gasteiger partial charge in [0.25, 0.3) is 0 Å². The van der Waals surface area contributed by atoms with Crippen LogP contribution >= 0.6 is 0 Å². The van der Waals surface area contributed by atoms with Gasteiger partial charge in [0.1, 0.15) is 6.04 Å². The molecular formula is C17H24N3O2S+. The van der Waals surface area contributed by atoms with E-state index in [2.05, 4.69) is 11.6 Å². The van der Waals surface area contributed by atoms with Crippen LogP contribution in [0.4, 0.5) is 0 Å². The minimum Gasteiger partial charge on any atom is -0.331 e. The van der Waals surface area contributed by atoms with E-state index in [1.54, 1.807) is 17.0 Å². The van der Waals surface area contributed by atoms with Crippen LogP contribution in [0.2, 0.25) is 0 Å². The van der Waals surface area contributed by atoms with E-state index in [0.29, 0.717) is 18.2 Å². The Morgan fingerprint density at radius 1 is 1.43 bits per heavy atom. The highest BCUT2D eigenvalue weighted by Gasteiger charge is 2.42. The second-order valence-electron chi connectivity index (χ2n) is 6.75. The van der Waals surface area contributed by atoms with Gasteiger partial charge in [-0.25, -0.2) is 13.1 Å². The summed E-state index contributed by atoms with van der Waals surface area (Å²) in [6.07, 6.45) is 3.63. The Labute approximate surface area is 138 Å². The van der Waals surface area contributed by atoms with Gasteiger partial charge in [-0.2, -0.15) is 5.26 Å². The molecule has 3 heterocycles. The number of nitrogens with zero attached hydrogens (tertiary/aromatic N) is 1. The molecule has 0 radical (unpaired) electrons. The third kappa shape index (κ3) is 3.42. The summed E-state index contributed by atoms with van der Waals surface area (Å²) in [4.78, 5) is 1.72. The van der Waals surface area contributed by atoms with Crippen molar-refractivity contribution < 1.29 is 13.3 Å². The van der Waals surface area contributed by atoms with Crippen LogP contribution in [0, 0.1) is 23.2 Å². The zero-order valence-electron chi connectivity index (χ0n) is 13.5. The fourth-order valence-electron chi connectivity index (χ4n) is 4.16. The van der Waals surface area contributed by atoms with Crippen molar-refractivity contribution >= 4 is 10.0 Å². The molecule has 5 nitrogen and oxygen atoms in total. The Morgan fingerprint density at radius 2 is 2.26 bits per heavy atom. The predicted molar refractivity (Wildman–Crippen MR) is 87.3 cm³/mol. The molecule has 0 aromatic heterocycles. The Hall–Kier alpha value is -1.42. The molecule has 23 heavy (non-hydrogen) atoms. The lowest BCUT2D eigenvalue weighted by Crippen LogP contribution is -3.20. The third-order valence-corrected chi connectivity index (χ3v) is 6.93. The highest BCUT2D eigenvalue weighted by molar-refractivity contribution is 7.89. The normalized spacial score (nSPS) is 30.1. The first kappa shape index (κ1) is 16.4. The summed E-state index contributed by atoms with van der Waals surface area (Å²) in [6, 6.07) is 8.54. The zero-order valence-corrected chi connectivity index (χ0v) is 14.3. The van der Waals surface area contributed by atoms with Crippen molar-refractivity contribution in [2.45, 2.75) is 37.1 Å². The third-order valence-electron chi connectivity index (χ3n) is 5.51. The second kappa shape index (κ2) is 6.60. The first-order chi connectivity index (χ1) is 11.0. The summed E-state index contributed by atoms with van der Waals surface area (Å²) in [5.41, 5.74) is 0.366. The largest absolute Gasteiger partial charge is 0.331 e. The second-order valence-corrected chi connectivity index (χ2v) is 8.52. The summed E-state index contributed by atoms with van der Waals surface area (Å²) < 4.78 is 27.6. The number of quaternary nitrogens is 1. The van der Waals surface area contributed by atoms with Crippen LogP contribution in [-0.4, -0.2) is 34.1 Å². The van der Waals surface area contributed by atoms with E-state index in [0.717, 1.165) is 24.8 Å². The van der Waals surface area contributed by atoms with Crippen LogP contribution < -0.4 is 9.62 Å². The quantitative estimate of drug-likeness (QED) is 0.825. The molecule has 0 saturated carbocycles. The number of hydrogen-bond acceptors (Lipinski definition) is 3. The maximum absolute atomic E-state index is 12.4. The number of sulfonamides is 1. The van der Waals surface area contributed by atoms with Crippen LogP contribution in [0.3, 0.4) is 0 Å². The maximum atomic E-state index is 12.4. The molecule has 4 rings (SSSR count). The van der Waals surface area contributed by atoms with Crippen LogP contribution in [-0.2, 0) is 10.0 Å². The van der Waals surface area contributed by atoms with Crippen molar-refractivity contribution in [3.63, 3.8) is 0 Å². The Balaban J connectivity index is 1.65. The van der Waals surface area contributed by atoms with E-state index < -0.39 is 10.0 Å². The smallest absolute Gasteiger partial charge is 0.240 e. The number of fused-ring (bicyclic) bond motifs is 3. The molecule has 2 N–H and O–H groups in total. The van der Waals surface area contributed by atoms with E-state index in [-0.39, 0.29) is 4.90 Å². The molecule has 0 amide bonds. The minimum absolute atomic E-state index is 0.175. The lowest BCUT2D eigenvalue weighted by Gasteiger charge is -2.46. The molecule has 124 valence electrons. The summed E-state index contributed by atoms with van der Waals surface area (Å²) in [7, 11) is -3.54. The summed E-state index contributed by atoms with van der Waals surface area (Å²) >= 11 is 0. The van der Waals surface area contributed by atoms with Crippen molar-refractivity contribution in [1.82, 2.24) is 4.72 Å². The molecule has 2 bridgehead atoms. The monoisotopic (exact) mass is 334 g/mol. The number of rotatable bonds is 5. The number of benzene rings is 1. The molecule has 6 heteroatoms. The van der Waals surface area contributed by atoms with Crippen molar-refractivity contribution in [2.75, 3.05) is 19.6 Å². The number of piperidine rings is 3. The lowest BCUT2D eigenvalue weighted by atomic mass is 9.74. The van der Waals surface area contributed by atoms with Gasteiger partial charge in [-0.3, -0.25) is 0 Å². The average Bonchev–Trinajstić information content (AvgIpc) is 2.60. The van der Waals surface area contributed by atoms with Gasteiger partial charge < -0.3 is 4.90 Å². The van der Waals surface area contributed by atoms with Gasteiger partial charge in [0, 0.05) is 18.8 Å². The number of nitriles is 1. The fourth-order valence-corrected chi connectivity index (χ4v) is 5.28. The zero-order chi connectivity index (χ0) is 16.4. The topological polar surface area (TPSA) is 74.4 Å². The van der Waals surface area contributed by atoms with Crippen LogP contribution in [0.15, 0.2) is 29.2 Å². The highest BCUT2D eigenvalue weighted by Crippen LogP contribution is 2.28. The van der Waals surface area contributed by atoms with Crippen LogP contribution in [0.1, 0.15) is 31.7 Å². The van der Waals surface area contributed by atoms with Crippen LogP contribution in [0.25, 0.3) is 0 Å². The molecule has 4 atom stereocenters. The summed E-state index contributed by atoms with van der Waals surface area (Å²) in [6.45, 7) is 5.09. The maximum Gasteiger partial charge on any atom is 0.240 e. The lowest BCUT2D eigenvalue weighted by molar-refractivity contribution is -0.945. The number of nitrogens with one attached hydrogen (secondary N) is 2. The van der Waals surface area contributed by atoms with Gasteiger partial charge >= 0.3 is 0 Å². The molecule has 3 saturated heterocycles. The van der Waals surface area contributed by atoms with Gasteiger partial charge in [0.2, 0.25) is 10.0 Å². The van der Waals surface area contributed by atoms with E-state index >= 15 is 0 Å². The number of hydrogen-bond donors (Lipinski definition) is 2. The van der Waals surface area contributed by atoms with Crippen molar-refractivity contribution in [3.05, 3.63) is 29.8 Å². The molecule has 3 fully saturated rings. The SMILES string of the molecule is CC[C@H]1C[NH+]2CC[C@H]1C[C@@H]2CNS(=O)(=O)c1cccc(C#N)c1. The molecule has 1 aromatic carbocycles. The Kier molecular flexibility index (Phi) is 4.72. The minimum atomic E-state index is -3.54. The van der Waals surface area contributed by atoms with Gasteiger partial charge in [0.15, 0.2) is 0 Å². The standard InChI is InChI=1S/C17H23N3O2S/c1-2-14-12-20-7-6-15(14)9-16(20)11-19-23(21,22)17-5-3-4-13(8-17)10-18/h3-5,8,14-16,19H,2,6-7,9,11-12H2,1H3/p+1/t14-,15-,16+/m0/s1. The average molecular weight is 334 g/mol. The first-order valence-electron chi connectivity index (χ1n) is 8.38. The summed E-state index contributed by atoms with van der Waals surface area (Å²) in [5.74, 6) is 1.56. The summed E-state index contributed by atoms with van der Waals surface area (Å²) in [5, 5.41) is 8.91. The first-order valence-corrected chi connectivity index (χ1v) is 9.86. The molecule has 1 aromatic rings. The fraction of sp³-hybridized carbons (Fsp3) is 0.588. The van der Waals surface area contributed by atoms with E-state index in [9.17, 15) is 8.42 Å². The Morgan fingerprint density at radius 3 is 2.91 bits per heavy atom. The molecule has 0 spiro atoms. The van der Waals surface area contributed by atoms with Crippen molar-refractivity contribution in [3.8, 4) is 6.07 Å². The predicted octanol–water partition coefficient (Wildman–Crippen LogP) is 0.540.